The molecule has 0 spiro atoms. The lowest BCUT2D eigenvalue weighted by atomic mass is 10.1. The summed E-state index contributed by atoms with van der Waals surface area (Å²) in [5.74, 6) is 0.435. The zero-order chi connectivity index (χ0) is 12.8. The Morgan fingerprint density at radius 1 is 1.59 bits per heavy atom. The van der Waals surface area contributed by atoms with E-state index in [1.807, 2.05) is 13.8 Å². The van der Waals surface area contributed by atoms with Gasteiger partial charge < -0.3 is 14.8 Å². The van der Waals surface area contributed by atoms with Crippen LogP contribution in [0.4, 0.5) is 0 Å². The summed E-state index contributed by atoms with van der Waals surface area (Å²) in [4.78, 5) is 11.5. The normalized spacial score (nSPS) is 14.8. The molecule has 2 N–H and O–H groups in total. The summed E-state index contributed by atoms with van der Waals surface area (Å²) in [6, 6.07) is 3.45. The SMILES string of the molecule is CC(CO)C(C)NC(=O)/C=C/c1ccc(Br)o1. The van der Waals surface area contributed by atoms with Crippen molar-refractivity contribution >= 4 is 27.9 Å². The van der Waals surface area contributed by atoms with E-state index >= 15 is 0 Å². The monoisotopic (exact) mass is 301 g/mol. The van der Waals surface area contributed by atoms with Crippen LogP contribution in [-0.2, 0) is 4.79 Å². The van der Waals surface area contributed by atoms with Crippen LogP contribution in [-0.4, -0.2) is 23.7 Å². The predicted octanol–water partition coefficient (Wildman–Crippen LogP) is 2.19. The molecule has 0 fully saturated rings. The first-order valence-electron chi connectivity index (χ1n) is 5.37. The highest BCUT2D eigenvalue weighted by Gasteiger charge is 2.12. The number of aliphatic hydroxyl groups excluding tert-OH is 1. The first-order chi connectivity index (χ1) is 8.02. The van der Waals surface area contributed by atoms with Gasteiger partial charge in [0, 0.05) is 18.7 Å². The standard InChI is InChI=1S/C12H16BrNO3/c1-8(7-15)9(2)14-12(16)6-4-10-3-5-11(13)17-10/h3-6,8-9,15H,7H2,1-2H3,(H,14,16)/b6-4+. The number of carbonyl (C=O) groups is 1. The molecule has 0 saturated carbocycles. The Kier molecular flexibility index (Phi) is 5.44. The molecular formula is C12H16BrNO3. The van der Waals surface area contributed by atoms with Crippen LogP contribution in [0.1, 0.15) is 19.6 Å². The van der Waals surface area contributed by atoms with Gasteiger partial charge in [0.05, 0.1) is 0 Å². The van der Waals surface area contributed by atoms with Crippen molar-refractivity contribution in [2.45, 2.75) is 19.9 Å². The zero-order valence-electron chi connectivity index (χ0n) is 9.81. The van der Waals surface area contributed by atoms with E-state index in [0.29, 0.717) is 10.4 Å². The number of hydrogen-bond donors (Lipinski definition) is 2. The Labute approximate surface area is 109 Å². The van der Waals surface area contributed by atoms with Crippen LogP contribution >= 0.6 is 15.9 Å². The van der Waals surface area contributed by atoms with Gasteiger partial charge in [-0.2, -0.15) is 0 Å². The van der Waals surface area contributed by atoms with Crippen LogP contribution in [0.25, 0.3) is 6.08 Å². The lowest BCUT2D eigenvalue weighted by Gasteiger charge is -2.17. The summed E-state index contributed by atoms with van der Waals surface area (Å²) in [5, 5.41) is 11.7. The summed E-state index contributed by atoms with van der Waals surface area (Å²) in [6.07, 6.45) is 3.00. The molecule has 0 saturated heterocycles. The molecule has 0 radical (unpaired) electrons. The Bertz CT molecular complexity index is 400. The number of halogens is 1. The van der Waals surface area contributed by atoms with Crippen molar-refractivity contribution < 1.29 is 14.3 Å². The van der Waals surface area contributed by atoms with Gasteiger partial charge in [-0.3, -0.25) is 4.79 Å². The first kappa shape index (κ1) is 14.0. The predicted molar refractivity (Wildman–Crippen MR) is 69.3 cm³/mol. The van der Waals surface area contributed by atoms with Crippen molar-refractivity contribution in [3.63, 3.8) is 0 Å². The number of aliphatic hydroxyl groups is 1. The molecule has 0 aromatic carbocycles. The van der Waals surface area contributed by atoms with Gasteiger partial charge in [0.2, 0.25) is 5.91 Å². The fourth-order valence-corrected chi connectivity index (χ4v) is 1.47. The zero-order valence-corrected chi connectivity index (χ0v) is 11.4. The molecule has 17 heavy (non-hydrogen) atoms. The minimum atomic E-state index is -0.203. The van der Waals surface area contributed by atoms with Gasteiger partial charge in [0.1, 0.15) is 5.76 Å². The Balaban J connectivity index is 2.47. The Morgan fingerprint density at radius 2 is 2.29 bits per heavy atom. The minimum absolute atomic E-state index is 0.0325. The molecule has 0 bridgehead atoms. The number of amides is 1. The molecule has 1 amide bonds. The van der Waals surface area contributed by atoms with E-state index < -0.39 is 0 Å². The molecule has 2 atom stereocenters. The van der Waals surface area contributed by atoms with E-state index in [4.69, 9.17) is 9.52 Å². The maximum Gasteiger partial charge on any atom is 0.244 e. The van der Waals surface area contributed by atoms with Gasteiger partial charge in [-0.05, 0) is 47.0 Å². The van der Waals surface area contributed by atoms with Crippen LogP contribution in [0.2, 0.25) is 0 Å². The van der Waals surface area contributed by atoms with Crippen molar-refractivity contribution in [2.75, 3.05) is 6.61 Å². The third-order valence-corrected chi connectivity index (χ3v) is 2.93. The highest BCUT2D eigenvalue weighted by molar-refractivity contribution is 9.10. The number of nitrogens with one attached hydrogen (secondary N) is 1. The molecule has 0 aliphatic carbocycles. The molecule has 1 rings (SSSR count). The summed E-state index contributed by atoms with van der Waals surface area (Å²) in [6.45, 7) is 3.78. The van der Waals surface area contributed by atoms with Crippen LogP contribution in [0, 0.1) is 5.92 Å². The topological polar surface area (TPSA) is 62.5 Å². The molecule has 5 heteroatoms. The van der Waals surface area contributed by atoms with E-state index in [2.05, 4.69) is 21.2 Å². The van der Waals surface area contributed by atoms with Gasteiger partial charge in [-0.25, -0.2) is 0 Å². The summed E-state index contributed by atoms with van der Waals surface area (Å²) in [5.41, 5.74) is 0. The van der Waals surface area contributed by atoms with Crippen molar-refractivity contribution in [3.8, 4) is 0 Å². The van der Waals surface area contributed by atoms with Gasteiger partial charge >= 0.3 is 0 Å². The minimum Gasteiger partial charge on any atom is -0.450 e. The highest BCUT2D eigenvalue weighted by atomic mass is 79.9. The van der Waals surface area contributed by atoms with E-state index in [0.717, 1.165) is 0 Å². The molecule has 1 aromatic heterocycles. The largest absolute Gasteiger partial charge is 0.450 e. The molecule has 4 nitrogen and oxygen atoms in total. The lowest BCUT2D eigenvalue weighted by Crippen LogP contribution is -2.37. The Morgan fingerprint density at radius 3 is 2.82 bits per heavy atom. The smallest absolute Gasteiger partial charge is 0.244 e. The summed E-state index contributed by atoms with van der Waals surface area (Å²) >= 11 is 3.18. The average Bonchev–Trinajstić information content (AvgIpc) is 2.71. The maximum atomic E-state index is 11.5. The van der Waals surface area contributed by atoms with Crippen molar-refractivity contribution in [2.24, 2.45) is 5.92 Å². The second kappa shape index (κ2) is 6.61. The number of furan rings is 1. The highest BCUT2D eigenvalue weighted by Crippen LogP contribution is 2.14. The van der Waals surface area contributed by atoms with Crippen molar-refractivity contribution in [3.05, 3.63) is 28.6 Å². The summed E-state index contributed by atoms with van der Waals surface area (Å²) in [7, 11) is 0. The maximum absolute atomic E-state index is 11.5. The van der Waals surface area contributed by atoms with Gasteiger partial charge in [0.15, 0.2) is 4.67 Å². The Hall–Kier alpha value is -1.07. The third-order valence-electron chi connectivity index (χ3n) is 2.50. The third kappa shape index (κ3) is 4.75. The van der Waals surface area contributed by atoms with Crippen LogP contribution < -0.4 is 5.32 Å². The van der Waals surface area contributed by atoms with Crippen molar-refractivity contribution in [1.82, 2.24) is 5.32 Å². The average molecular weight is 302 g/mol. The molecule has 0 aliphatic rings. The van der Waals surface area contributed by atoms with E-state index in [1.165, 1.54) is 6.08 Å². The van der Waals surface area contributed by atoms with Gasteiger partial charge in [0.25, 0.3) is 0 Å². The summed E-state index contributed by atoms with van der Waals surface area (Å²) < 4.78 is 5.84. The molecular weight excluding hydrogens is 286 g/mol. The molecule has 1 aromatic rings. The van der Waals surface area contributed by atoms with E-state index in [-0.39, 0.29) is 24.5 Å². The number of hydrogen-bond acceptors (Lipinski definition) is 3. The number of carbonyl (C=O) groups excluding carboxylic acids is 1. The first-order valence-corrected chi connectivity index (χ1v) is 6.17. The van der Waals surface area contributed by atoms with E-state index in [1.54, 1.807) is 18.2 Å². The van der Waals surface area contributed by atoms with Crippen LogP contribution in [0.5, 0.6) is 0 Å². The van der Waals surface area contributed by atoms with E-state index in [9.17, 15) is 4.79 Å². The fourth-order valence-electron chi connectivity index (χ4n) is 1.15. The van der Waals surface area contributed by atoms with Gasteiger partial charge in [-0.1, -0.05) is 6.92 Å². The fraction of sp³-hybridized carbons (Fsp3) is 0.417. The molecule has 94 valence electrons. The molecule has 0 aliphatic heterocycles. The van der Waals surface area contributed by atoms with Crippen LogP contribution in [0.3, 0.4) is 0 Å². The number of rotatable bonds is 5. The second-order valence-corrected chi connectivity index (χ2v) is 4.71. The molecule has 1 heterocycles. The van der Waals surface area contributed by atoms with Crippen molar-refractivity contribution in [1.29, 1.82) is 0 Å². The van der Waals surface area contributed by atoms with Gasteiger partial charge in [-0.15, -0.1) is 0 Å². The quantitative estimate of drug-likeness (QED) is 0.820. The second-order valence-electron chi connectivity index (χ2n) is 3.93. The van der Waals surface area contributed by atoms with Crippen LogP contribution in [0.15, 0.2) is 27.3 Å². The molecule has 2 unspecified atom stereocenters. The lowest BCUT2D eigenvalue weighted by molar-refractivity contribution is -0.117.